The second-order valence-corrected chi connectivity index (χ2v) is 10.6. The fourth-order valence-corrected chi connectivity index (χ4v) is 5.40. The second kappa shape index (κ2) is 13.9. The van der Waals surface area contributed by atoms with Crippen molar-refractivity contribution in [3.05, 3.63) is 95.7 Å². The van der Waals surface area contributed by atoms with Crippen molar-refractivity contribution < 1.29 is 28.7 Å². The number of ketones is 1. The number of rotatable bonds is 13. The molecular weight excluding hydrogens is 560 g/mol. The van der Waals surface area contributed by atoms with Crippen LogP contribution in [0.5, 0.6) is 11.5 Å². The fraction of sp³-hybridized carbons (Fsp3) is 0.294. The summed E-state index contributed by atoms with van der Waals surface area (Å²) < 4.78 is 11.3. The number of amides is 3. The molecule has 3 aromatic carbocycles. The van der Waals surface area contributed by atoms with Crippen LogP contribution in [0.4, 0.5) is 0 Å². The highest BCUT2D eigenvalue weighted by Crippen LogP contribution is 2.29. The molecule has 0 radical (unpaired) electrons. The molecule has 10 heteroatoms. The number of H-pyrrole nitrogens is 1. The third kappa shape index (κ3) is 6.91. The average molecular weight is 597 g/mol. The molecule has 1 aliphatic rings. The van der Waals surface area contributed by atoms with E-state index in [1.54, 1.807) is 42.6 Å². The van der Waals surface area contributed by atoms with E-state index in [4.69, 9.17) is 9.47 Å². The van der Waals surface area contributed by atoms with Crippen molar-refractivity contribution in [3.8, 4) is 11.5 Å². The largest absolute Gasteiger partial charge is 0.490 e. The highest BCUT2D eigenvalue weighted by atomic mass is 16.5. The minimum Gasteiger partial charge on any atom is -0.490 e. The number of hydrogen-bond acceptors (Lipinski definition) is 6. The summed E-state index contributed by atoms with van der Waals surface area (Å²) in [4.78, 5) is 57.9. The van der Waals surface area contributed by atoms with E-state index in [1.807, 2.05) is 50.2 Å². The highest BCUT2D eigenvalue weighted by Gasteiger charge is 2.37. The van der Waals surface area contributed by atoms with E-state index in [1.165, 1.54) is 4.90 Å². The number of fused-ring (bicyclic) bond motifs is 1. The number of carbonyl (C=O) groups is 4. The van der Waals surface area contributed by atoms with Crippen molar-refractivity contribution in [1.82, 2.24) is 20.5 Å². The van der Waals surface area contributed by atoms with Crippen molar-refractivity contribution in [1.29, 1.82) is 0 Å². The Balaban J connectivity index is 1.36. The Kier molecular flexibility index (Phi) is 9.59. The molecule has 2 heterocycles. The predicted octanol–water partition coefficient (Wildman–Crippen LogP) is 3.71. The lowest BCUT2D eigenvalue weighted by Crippen LogP contribution is -2.55. The van der Waals surface area contributed by atoms with Gasteiger partial charge in [0.15, 0.2) is 17.3 Å². The Labute approximate surface area is 255 Å². The standard InChI is InChI=1S/C34H36N4O6/c1-3-43-29-15-14-22(16-30(29)44-4-2)18-36-33(41)26(17-24-19-35-27-13-9-8-12-25(24)27)28(39)20-38-21-31(40)37-32(34(38)42)23-10-6-5-7-11-23/h5-16,19,26,32,35H,3-4,17-18,20-21H2,1-2H3,(H,36,41)(H,37,40). The molecule has 228 valence electrons. The van der Waals surface area contributed by atoms with E-state index in [9.17, 15) is 19.2 Å². The van der Waals surface area contributed by atoms with Gasteiger partial charge in [-0.2, -0.15) is 0 Å². The van der Waals surface area contributed by atoms with Gasteiger partial charge in [0.2, 0.25) is 11.8 Å². The van der Waals surface area contributed by atoms with Crippen LogP contribution in [0.15, 0.2) is 79.0 Å². The molecule has 2 atom stereocenters. The summed E-state index contributed by atoms with van der Waals surface area (Å²) in [7, 11) is 0. The van der Waals surface area contributed by atoms with Gasteiger partial charge < -0.3 is 30.0 Å². The monoisotopic (exact) mass is 596 g/mol. The number of hydrogen-bond donors (Lipinski definition) is 3. The van der Waals surface area contributed by atoms with Gasteiger partial charge in [0, 0.05) is 23.6 Å². The van der Waals surface area contributed by atoms with Gasteiger partial charge in [0.25, 0.3) is 5.91 Å². The molecule has 3 amide bonds. The Bertz CT molecular complexity index is 1650. The number of piperazine rings is 1. The molecule has 1 aromatic heterocycles. The average Bonchev–Trinajstić information content (AvgIpc) is 3.44. The maximum Gasteiger partial charge on any atom is 0.250 e. The maximum atomic E-state index is 13.8. The molecule has 4 aromatic rings. The lowest BCUT2D eigenvalue weighted by molar-refractivity contribution is -0.147. The predicted molar refractivity (Wildman–Crippen MR) is 165 cm³/mol. The Hall–Kier alpha value is -5.12. The number of benzene rings is 3. The summed E-state index contributed by atoms with van der Waals surface area (Å²) in [5.74, 6) is -1.61. The summed E-state index contributed by atoms with van der Waals surface area (Å²) >= 11 is 0. The van der Waals surface area contributed by atoms with Gasteiger partial charge in [-0.25, -0.2) is 0 Å². The normalized spacial score (nSPS) is 15.5. The van der Waals surface area contributed by atoms with E-state index in [2.05, 4.69) is 15.6 Å². The van der Waals surface area contributed by atoms with Crippen LogP contribution in [-0.2, 0) is 32.1 Å². The quantitative estimate of drug-likeness (QED) is 0.202. The maximum absolute atomic E-state index is 13.8. The van der Waals surface area contributed by atoms with E-state index in [-0.39, 0.29) is 32.0 Å². The van der Waals surface area contributed by atoms with Gasteiger partial charge in [-0.1, -0.05) is 54.6 Å². The summed E-state index contributed by atoms with van der Waals surface area (Å²) in [5, 5.41) is 6.52. The van der Waals surface area contributed by atoms with Crippen molar-refractivity contribution in [2.24, 2.45) is 5.92 Å². The molecule has 3 N–H and O–H groups in total. The van der Waals surface area contributed by atoms with E-state index in [0.29, 0.717) is 30.3 Å². The molecule has 10 nitrogen and oxygen atoms in total. The molecule has 5 rings (SSSR count). The van der Waals surface area contributed by atoms with Gasteiger partial charge in [-0.3, -0.25) is 19.2 Å². The smallest absolute Gasteiger partial charge is 0.250 e. The number of ether oxygens (including phenoxy) is 2. The first-order valence-electron chi connectivity index (χ1n) is 14.7. The van der Waals surface area contributed by atoms with Gasteiger partial charge in [-0.05, 0) is 55.2 Å². The zero-order chi connectivity index (χ0) is 31.1. The summed E-state index contributed by atoms with van der Waals surface area (Å²) in [5.41, 5.74) is 3.09. The molecule has 0 spiro atoms. The van der Waals surface area contributed by atoms with Crippen LogP contribution in [0.1, 0.15) is 36.6 Å². The number of nitrogens with zero attached hydrogens (tertiary/aromatic N) is 1. The first kappa shape index (κ1) is 30.3. The summed E-state index contributed by atoms with van der Waals surface area (Å²) in [6.45, 7) is 4.24. The van der Waals surface area contributed by atoms with Crippen LogP contribution >= 0.6 is 0 Å². The fourth-order valence-electron chi connectivity index (χ4n) is 5.40. The molecule has 44 heavy (non-hydrogen) atoms. The van der Waals surface area contributed by atoms with Crippen molar-refractivity contribution in [2.75, 3.05) is 26.3 Å². The van der Waals surface area contributed by atoms with Crippen molar-refractivity contribution >= 4 is 34.4 Å². The lowest BCUT2D eigenvalue weighted by Gasteiger charge is -2.33. The van der Waals surface area contributed by atoms with Gasteiger partial charge >= 0.3 is 0 Å². The molecule has 1 aliphatic heterocycles. The third-order valence-electron chi connectivity index (χ3n) is 7.56. The topological polar surface area (TPSA) is 130 Å². The van der Waals surface area contributed by atoms with Crippen LogP contribution in [0.25, 0.3) is 10.9 Å². The SMILES string of the molecule is CCOc1ccc(CNC(=O)C(Cc2c[nH]c3ccccc23)C(=O)CN2CC(=O)NC(c3ccccc3)C2=O)cc1OCC. The van der Waals surface area contributed by atoms with E-state index >= 15 is 0 Å². The van der Waals surface area contributed by atoms with E-state index in [0.717, 1.165) is 22.0 Å². The minimum atomic E-state index is -1.10. The summed E-state index contributed by atoms with van der Waals surface area (Å²) in [6.07, 6.45) is 1.92. The molecule has 0 bridgehead atoms. The van der Waals surface area contributed by atoms with Gasteiger partial charge in [-0.15, -0.1) is 0 Å². The number of aromatic nitrogens is 1. The molecular formula is C34H36N4O6. The third-order valence-corrected chi connectivity index (χ3v) is 7.56. The number of aromatic amines is 1. The minimum absolute atomic E-state index is 0.124. The zero-order valence-electron chi connectivity index (χ0n) is 24.8. The van der Waals surface area contributed by atoms with Crippen LogP contribution in [0.3, 0.4) is 0 Å². The van der Waals surface area contributed by atoms with Gasteiger partial charge in [0.05, 0.1) is 19.8 Å². The lowest BCUT2D eigenvalue weighted by atomic mass is 9.93. The first-order valence-corrected chi connectivity index (χ1v) is 14.7. The van der Waals surface area contributed by atoms with Crippen LogP contribution < -0.4 is 20.1 Å². The summed E-state index contributed by atoms with van der Waals surface area (Å²) in [6, 6.07) is 21.1. The van der Waals surface area contributed by atoms with Crippen molar-refractivity contribution in [3.63, 3.8) is 0 Å². The number of para-hydroxylation sites is 1. The second-order valence-electron chi connectivity index (χ2n) is 10.6. The number of Topliss-reactive ketones (excluding diaryl/α,β-unsaturated/α-hetero) is 1. The molecule has 2 unspecified atom stereocenters. The Morgan fingerprint density at radius 2 is 1.68 bits per heavy atom. The van der Waals surface area contributed by atoms with Crippen LogP contribution in [-0.4, -0.2) is 59.7 Å². The van der Waals surface area contributed by atoms with E-state index < -0.39 is 29.6 Å². The highest BCUT2D eigenvalue weighted by molar-refractivity contribution is 6.05. The molecule has 1 fully saturated rings. The number of carbonyl (C=O) groups excluding carboxylic acids is 4. The van der Waals surface area contributed by atoms with Crippen LogP contribution in [0, 0.1) is 5.92 Å². The van der Waals surface area contributed by atoms with Crippen LogP contribution in [0.2, 0.25) is 0 Å². The zero-order valence-corrected chi connectivity index (χ0v) is 24.8. The van der Waals surface area contributed by atoms with Crippen molar-refractivity contribution in [2.45, 2.75) is 32.9 Å². The first-order chi connectivity index (χ1) is 21.4. The van der Waals surface area contributed by atoms with Gasteiger partial charge in [0.1, 0.15) is 18.5 Å². The molecule has 1 saturated heterocycles. The Morgan fingerprint density at radius 1 is 0.955 bits per heavy atom. The Morgan fingerprint density at radius 3 is 2.45 bits per heavy atom. The molecule has 0 aliphatic carbocycles. The number of nitrogens with one attached hydrogen (secondary N) is 3. The molecule has 0 saturated carbocycles.